The van der Waals surface area contributed by atoms with Crippen LogP contribution in [0.5, 0.6) is 0 Å². The van der Waals surface area contributed by atoms with Gasteiger partial charge in [0, 0.05) is 0 Å². The van der Waals surface area contributed by atoms with Gasteiger partial charge in [-0.2, -0.15) is 10.2 Å². The number of thioether (sulfide) groups is 2. The molecule has 0 aliphatic heterocycles. The molecule has 0 aliphatic carbocycles. The number of rotatable bonds is 3. The highest BCUT2D eigenvalue weighted by Crippen LogP contribution is 2.31. The monoisotopic (exact) mass is 277 g/mol. The number of nitrogens with one attached hydrogen (secondary N) is 2. The molecule has 17 heavy (non-hydrogen) atoms. The molecule has 0 radical (unpaired) electrons. The van der Waals surface area contributed by atoms with Crippen LogP contribution in [0.4, 0.5) is 0 Å². The number of nitrogens with zero attached hydrogens (tertiary/aromatic N) is 5. The topological polar surface area (TPSA) is 192 Å². The zero-order chi connectivity index (χ0) is 13.3. The van der Waals surface area contributed by atoms with E-state index in [4.69, 9.17) is 22.7 Å². The van der Waals surface area contributed by atoms with Crippen molar-refractivity contribution in [1.82, 2.24) is 0 Å². The molecule has 6 N–H and O–H groups in total. The maximum absolute atomic E-state index is 10.3. The Morgan fingerprint density at radius 3 is 1.82 bits per heavy atom. The number of nitrogens with two attached hydrogens (primary N) is 2. The lowest BCUT2D eigenvalue weighted by atomic mass is 11.0. The zero-order valence-electron chi connectivity index (χ0n) is 8.10. The number of hydrogen-bond donors (Lipinski definition) is 4. The van der Waals surface area contributed by atoms with Gasteiger partial charge in [0.25, 0.3) is 6.20 Å². The third-order valence-corrected chi connectivity index (χ3v) is 2.88. The average Bonchev–Trinajstić information content (AvgIpc) is 2.31. The Morgan fingerprint density at radius 2 is 1.59 bits per heavy atom. The van der Waals surface area contributed by atoms with Gasteiger partial charge in [-0.3, -0.25) is 10.1 Å². The number of nitro groups is 1. The van der Waals surface area contributed by atoms with Crippen molar-refractivity contribution in [3.8, 4) is 0 Å². The van der Waals surface area contributed by atoms with E-state index in [1.807, 2.05) is 0 Å². The molecule has 13 heteroatoms. The first-order chi connectivity index (χ1) is 8.07. The van der Waals surface area contributed by atoms with Crippen molar-refractivity contribution < 1.29 is 4.92 Å². The number of hydrogen-bond acceptors (Lipinski definition) is 10. The molecule has 0 fully saturated rings. The first kappa shape index (κ1) is 15.0. The lowest BCUT2D eigenvalue weighted by Gasteiger charge is -2.00. The molecular weight excluding hydrogens is 270 g/mol. The van der Waals surface area contributed by atoms with E-state index in [-0.39, 0.29) is 14.6 Å². The van der Waals surface area contributed by atoms with Crippen molar-refractivity contribution in [2.45, 2.75) is 0 Å². The third kappa shape index (κ3) is 6.21. The van der Waals surface area contributed by atoms with Crippen LogP contribution in [0.25, 0.3) is 0 Å². The molecule has 0 bridgehead atoms. The maximum atomic E-state index is 10.3. The fourth-order valence-electron chi connectivity index (χ4n) is 0.496. The summed E-state index contributed by atoms with van der Waals surface area (Å²) in [6.07, 6.45) is 0.613. The van der Waals surface area contributed by atoms with Gasteiger partial charge < -0.3 is 11.7 Å². The Kier molecular flexibility index (Phi) is 7.20. The highest BCUT2D eigenvalue weighted by molar-refractivity contribution is 8.34. The summed E-state index contributed by atoms with van der Waals surface area (Å²) in [4.78, 5) is 9.60. The fourth-order valence-corrected chi connectivity index (χ4v) is 1.94. The molecule has 0 heterocycles. The van der Waals surface area contributed by atoms with Gasteiger partial charge >= 0.3 is 0 Å². The summed E-state index contributed by atoms with van der Waals surface area (Å²) in [5, 5.41) is 22.0. The number of amidine groups is 2. The van der Waals surface area contributed by atoms with E-state index in [9.17, 15) is 10.1 Å². The van der Waals surface area contributed by atoms with Crippen molar-refractivity contribution in [2.24, 2.45) is 32.1 Å². The van der Waals surface area contributed by atoms with Crippen LogP contribution in [0.15, 0.2) is 30.9 Å². The molecule has 0 atom stereocenters. The van der Waals surface area contributed by atoms with E-state index in [0.717, 1.165) is 0 Å². The van der Waals surface area contributed by atoms with Crippen LogP contribution < -0.4 is 11.7 Å². The average molecular weight is 277 g/mol. The van der Waals surface area contributed by atoms with Gasteiger partial charge in [0.2, 0.25) is 10.3 Å². The van der Waals surface area contributed by atoms with Gasteiger partial charge in [-0.25, -0.2) is 11.1 Å². The molecule has 0 aromatic rings. The van der Waals surface area contributed by atoms with E-state index in [1.54, 1.807) is 0 Å². The van der Waals surface area contributed by atoms with Crippen molar-refractivity contribution >= 4 is 33.9 Å². The minimum absolute atomic E-state index is 0.00963. The molecule has 0 spiro atoms. The van der Waals surface area contributed by atoms with Gasteiger partial charge in [-0.15, -0.1) is 10.2 Å². The molecule has 11 nitrogen and oxygen atoms in total. The Bertz CT molecular complexity index is 374. The van der Waals surface area contributed by atoms with Gasteiger partial charge in [-0.05, 0) is 23.5 Å². The molecule has 0 saturated carbocycles. The van der Waals surface area contributed by atoms with Crippen LogP contribution in [-0.4, -0.2) is 15.3 Å². The SMILES string of the molecule is N=NC(=NN)SC(=C[N+](=O)[O-])SC(N=N)=NN. The van der Waals surface area contributed by atoms with E-state index < -0.39 is 4.92 Å². The summed E-state index contributed by atoms with van der Waals surface area (Å²) in [6, 6.07) is 0. The van der Waals surface area contributed by atoms with Gasteiger partial charge in [0.15, 0.2) is 0 Å². The summed E-state index contributed by atoms with van der Waals surface area (Å²) in [7, 11) is 0. The summed E-state index contributed by atoms with van der Waals surface area (Å²) < 4.78 is 0.00963. The van der Waals surface area contributed by atoms with Crippen molar-refractivity contribution in [3.05, 3.63) is 20.6 Å². The normalized spacial score (nSPS) is 11.8. The van der Waals surface area contributed by atoms with Crippen molar-refractivity contribution in [3.63, 3.8) is 0 Å². The maximum Gasteiger partial charge on any atom is 0.255 e. The minimum atomic E-state index is -0.731. The smallest absolute Gasteiger partial charge is 0.255 e. The summed E-state index contributed by atoms with van der Waals surface area (Å²) in [5.74, 6) is 9.78. The molecule has 0 aliphatic rings. The van der Waals surface area contributed by atoms with E-state index in [2.05, 4.69) is 20.4 Å². The second-order valence-corrected chi connectivity index (χ2v) is 4.26. The summed E-state index contributed by atoms with van der Waals surface area (Å²) in [5.41, 5.74) is 13.4. The molecule has 0 aromatic heterocycles. The van der Waals surface area contributed by atoms with Crippen LogP contribution in [0.2, 0.25) is 0 Å². The Balaban J connectivity index is 4.96. The van der Waals surface area contributed by atoms with Crippen LogP contribution in [0.3, 0.4) is 0 Å². The zero-order valence-corrected chi connectivity index (χ0v) is 9.73. The lowest BCUT2D eigenvalue weighted by molar-refractivity contribution is -0.402. The predicted molar refractivity (Wildman–Crippen MR) is 63.8 cm³/mol. The highest BCUT2D eigenvalue weighted by atomic mass is 32.2. The second-order valence-electron chi connectivity index (χ2n) is 1.98. The Labute approximate surface area is 103 Å². The van der Waals surface area contributed by atoms with Gasteiger partial charge in [0.05, 0.1) is 4.92 Å². The molecule has 0 unspecified atom stereocenters. The first-order valence-corrected chi connectivity index (χ1v) is 5.22. The predicted octanol–water partition coefficient (Wildman–Crippen LogP) is 1.05. The molecule has 0 amide bonds. The van der Waals surface area contributed by atoms with Gasteiger partial charge in [0.1, 0.15) is 4.24 Å². The minimum Gasteiger partial charge on any atom is -0.321 e. The first-order valence-electron chi connectivity index (χ1n) is 3.59. The fraction of sp³-hybridized carbons (Fsp3) is 0. The second kappa shape index (κ2) is 8.17. The van der Waals surface area contributed by atoms with Crippen LogP contribution in [0.1, 0.15) is 0 Å². The highest BCUT2D eigenvalue weighted by Gasteiger charge is 2.13. The molecule has 0 saturated heterocycles. The van der Waals surface area contributed by atoms with E-state index in [0.29, 0.717) is 29.7 Å². The standard InChI is InChI=1S/C4H7N9O2S2/c5-9-3(10-6)16-2(1-13(14)15)17-4(11-7)12-8/h1,5,7H,6,8H2. The largest absolute Gasteiger partial charge is 0.321 e. The molecule has 92 valence electrons. The number of hydrazone groups is 2. The molecule has 0 aromatic carbocycles. The summed E-state index contributed by atoms with van der Waals surface area (Å²) >= 11 is 1.30. The lowest BCUT2D eigenvalue weighted by Crippen LogP contribution is -1.97. The van der Waals surface area contributed by atoms with Crippen molar-refractivity contribution in [1.29, 1.82) is 11.1 Å². The Hall–Kier alpha value is -2.02. The van der Waals surface area contributed by atoms with Gasteiger partial charge in [-0.1, -0.05) is 0 Å². The van der Waals surface area contributed by atoms with E-state index >= 15 is 0 Å². The van der Waals surface area contributed by atoms with Crippen LogP contribution in [-0.2, 0) is 0 Å². The quantitative estimate of drug-likeness (QED) is 0.148. The third-order valence-electron chi connectivity index (χ3n) is 1.01. The van der Waals surface area contributed by atoms with Crippen LogP contribution in [0, 0.1) is 21.2 Å². The molecule has 0 rings (SSSR count). The van der Waals surface area contributed by atoms with Crippen molar-refractivity contribution in [2.75, 3.05) is 0 Å². The summed E-state index contributed by atoms with van der Waals surface area (Å²) in [6.45, 7) is 0. The van der Waals surface area contributed by atoms with E-state index in [1.165, 1.54) is 0 Å². The Morgan fingerprint density at radius 1 is 1.18 bits per heavy atom. The molecular formula is C4H7N9O2S2. The van der Waals surface area contributed by atoms with Crippen LogP contribution >= 0.6 is 23.5 Å².